The van der Waals surface area contributed by atoms with Crippen molar-refractivity contribution in [1.82, 2.24) is 19.4 Å². The van der Waals surface area contributed by atoms with Crippen LogP contribution in [0, 0.1) is 13.8 Å². The number of alkyl halides is 3. The van der Waals surface area contributed by atoms with Gasteiger partial charge in [0.1, 0.15) is 10.8 Å². The number of hydrogen-bond acceptors (Lipinski definition) is 7. The predicted octanol–water partition coefficient (Wildman–Crippen LogP) is 5.44. The number of aryl methyl sites for hydroxylation is 1. The molecular formula is C24H19ClF3N5O4. The summed E-state index contributed by atoms with van der Waals surface area (Å²) in [6.07, 6.45) is -4.11. The summed E-state index contributed by atoms with van der Waals surface area (Å²) in [6, 6.07) is 7.53. The largest absolute Gasteiger partial charge is 0.476 e. The Bertz CT molecular complexity index is 1590. The molecule has 0 aliphatic heterocycles. The lowest BCUT2D eigenvalue weighted by Crippen LogP contribution is -2.23. The van der Waals surface area contributed by atoms with E-state index in [1.165, 1.54) is 26.0 Å². The number of nitrogens with one attached hydrogen (secondary N) is 1. The first-order valence-corrected chi connectivity index (χ1v) is 11.1. The van der Waals surface area contributed by atoms with Gasteiger partial charge in [-0.2, -0.15) is 18.2 Å². The van der Waals surface area contributed by atoms with Crippen molar-refractivity contribution in [2.75, 3.05) is 5.32 Å². The predicted molar refractivity (Wildman–Crippen MR) is 128 cm³/mol. The molecule has 0 unspecified atom stereocenters. The Kier molecular flexibility index (Phi) is 6.78. The molecule has 0 amide bonds. The number of aromatic carboxylic acids is 1. The maximum atomic E-state index is 13.7. The Morgan fingerprint density at radius 1 is 1.16 bits per heavy atom. The minimum Gasteiger partial charge on any atom is -0.476 e. The summed E-state index contributed by atoms with van der Waals surface area (Å²) in [5, 5.41) is 12.2. The second kappa shape index (κ2) is 9.69. The fraction of sp³-hybridized carbons (Fsp3) is 0.208. The summed E-state index contributed by atoms with van der Waals surface area (Å²) in [5.41, 5.74) is -1.82. The molecule has 37 heavy (non-hydrogen) atoms. The third-order valence-electron chi connectivity index (χ3n) is 5.43. The number of pyridine rings is 3. The number of aromatic nitrogens is 4. The van der Waals surface area contributed by atoms with Crippen molar-refractivity contribution < 1.29 is 27.8 Å². The van der Waals surface area contributed by atoms with E-state index in [-0.39, 0.29) is 39.4 Å². The minimum absolute atomic E-state index is 0.00912. The van der Waals surface area contributed by atoms with E-state index in [1.54, 1.807) is 25.1 Å². The number of nitrogens with zero attached hydrogens (tertiary/aromatic N) is 4. The Morgan fingerprint density at radius 3 is 2.54 bits per heavy atom. The number of hydrogen-bond donors (Lipinski definition) is 2. The van der Waals surface area contributed by atoms with E-state index in [0.29, 0.717) is 11.9 Å². The summed E-state index contributed by atoms with van der Waals surface area (Å²) < 4.78 is 47.7. The summed E-state index contributed by atoms with van der Waals surface area (Å²) in [5.74, 6) is -1.37. The smallest absolute Gasteiger partial charge is 0.417 e. The molecule has 4 rings (SSSR count). The van der Waals surface area contributed by atoms with Crippen molar-refractivity contribution in [1.29, 1.82) is 0 Å². The zero-order chi connectivity index (χ0) is 27.1. The molecule has 4 aromatic rings. The van der Waals surface area contributed by atoms with Gasteiger partial charge in [-0.05, 0) is 45.0 Å². The van der Waals surface area contributed by atoms with E-state index >= 15 is 0 Å². The molecule has 4 aromatic heterocycles. The van der Waals surface area contributed by atoms with Crippen LogP contribution in [0.1, 0.15) is 45.8 Å². The summed E-state index contributed by atoms with van der Waals surface area (Å²) in [4.78, 5) is 37.1. The van der Waals surface area contributed by atoms with Crippen LogP contribution in [0.15, 0.2) is 47.4 Å². The van der Waals surface area contributed by atoms with Crippen LogP contribution >= 0.6 is 11.6 Å². The fourth-order valence-corrected chi connectivity index (χ4v) is 3.75. The molecule has 0 bridgehead atoms. The Hall–Kier alpha value is -4.19. The van der Waals surface area contributed by atoms with Crippen molar-refractivity contribution in [3.05, 3.63) is 86.2 Å². The Labute approximate surface area is 212 Å². The Morgan fingerprint density at radius 2 is 1.89 bits per heavy atom. The highest BCUT2D eigenvalue weighted by molar-refractivity contribution is 6.29. The highest BCUT2D eigenvalue weighted by Gasteiger charge is 2.33. The molecule has 2 N–H and O–H groups in total. The van der Waals surface area contributed by atoms with Gasteiger partial charge in [0.15, 0.2) is 5.69 Å². The van der Waals surface area contributed by atoms with Crippen LogP contribution in [0.2, 0.25) is 5.15 Å². The molecule has 0 aliphatic carbocycles. The first kappa shape index (κ1) is 25.9. The quantitative estimate of drug-likeness (QED) is 0.315. The average Bonchev–Trinajstić information content (AvgIpc) is 2.82. The molecule has 0 spiro atoms. The molecule has 0 aliphatic rings. The zero-order valence-corrected chi connectivity index (χ0v) is 20.3. The Balaban J connectivity index is 1.90. The van der Waals surface area contributed by atoms with Crippen LogP contribution < -0.4 is 15.6 Å². The monoisotopic (exact) mass is 533 g/mol. The van der Waals surface area contributed by atoms with Gasteiger partial charge in [0.25, 0.3) is 5.56 Å². The van der Waals surface area contributed by atoms with Crippen LogP contribution in [0.4, 0.5) is 18.9 Å². The zero-order valence-electron chi connectivity index (χ0n) is 19.6. The van der Waals surface area contributed by atoms with E-state index in [0.717, 1.165) is 10.5 Å². The topological polar surface area (TPSA) is 119 Å². The van der Waals surface area contributed by atoms with Gasteiger partial charge in [-0.1, -0.05) is 17.7 Å². The van der Waals surface area contributed by atoms with Crippen LogP contribution in [-0.4, -0.2) is 30.4 Å². The number of carboxylic acids is 1. The van der Waals surface area contributed by atoms with Crippen LogP contribution in [-0.2, 0) is 6.18 Å². The maximum absolute atomic E-state index is 13.7. The van der Waals surface area contributed by atoms with E-state index in [4.69, 9.17) is 16.3 Å². The van der Waals surface area contributed by atoms with E-state index in [9.17, 15) is 27.9 Å². The van der Waals surface area contributed by atoms with Gasteiger partial charge in [0, 0.05) is 23.5 Å². The second-order valence-corrected chi connectivity index (χ2v) is 8.53. The molecule has 4 heterocycles. The number of anilines is 1. The van der Waals surface area contributed by atoms with Crippen molar-refractivity contribution in [2.45, 2.75) is 33.0 Å². The van der Waals surface area contributed by atoms with Gasteiger partial charge >= 0.3 is 12.1 Å². The molecule has 1 atom stereocenters. The van der Waals surface area contributed by atoms with Crippen molar-refractivity contribution >= 4 is 28.9 Å². The molecule has 13 heteroatoms. The molecule has 0 fully saturated rings. The van der Waals surface area contributed by atoms with Gasteiger partial charge in [0.05, 0.1) is 22.9 Å². The van der Waals surface area contributed by atoms with Crippen molar-refractivity contribution in [2.24, 2.45) is 0 Å². The summed E-state index contributed by atoms with van der Waals surface area (Å²) >= 11 is 5.80. The standard InChI is InChI=1S/C24H19ClF3N5O4/c1-11-5-4-6-18(29-11)37-21-12(2)22(34)33-10-14(24(26,27)28)9-15(20(33)32-21)13(3)30-16-7-8-17(25)31-19(16)23(35)36/h4-10,13,30H,1-3H3,(H,35,36)/t13-/m1/s1. The lowest BCUT2D eigenvalue weighted by Gasteiger charge is -2.21. The highest BCUT2D eigenvalue weighted by atomic mass is 35.5. The number of fused-ring (bicyclic) bond motifs is 1. The maximum Gasteiger partial charge on any atom is 0.417 e. The van der Waals surface area contributed by atoms with Crippen LogP contribution in [0.3, 0.4) is 0 Å². The van der Waals surface area contributed by atoms with Gasteiger partial charge in [-0.15, -0.1) is 0 Å². The first-order chi connectivity index (χ1) is 17.3. The third-order valence-corrected chi connectivity index (χ3v) is 5.64. The van der Waals surface area contributed by atoms with E-state index < -0.39 is 35.0 Å². The van der Waals surface area contributed by atoms with Gasteiger partial charge in [0.2, 0.25) is 11.8 Å². The van der Waals surface area contributed by atoms with Crippen molar-refractivity contribution in [3.8, 4) is 11.8 Å². The van der Waals surface area contributed by atoms with Gasteiger partial charge in [-0.25, -0.2) is 14.8 Å². The number of halogens is 4. The van der Waals surface area contributed by atoms with Gasteiger partial charge in [-0.3, -0.25) is 9.20 Å². The lowest BCUT2D eigenvalue weighted by atomic mass is 10.1. The average molecular weight is 534 g/mol. The molecule has 0 aromatic carbocycles. The van der Waals surface area contributed by atoms with E-state index in [2.05, 4.69) is 20.3 Å². The minimum atomic E-state index is -4.77. The lowest BCUT2D eigenvalue weighted by molar-refractivity contribution is -0.137. The molecule has 0 saturated carbocycles. The normalized spacial score (nSPS) is 12.4. The molecule has 192 valence electrons. The van der Waals surface area contributed by atoms with Gasteiger partial charge < -0.3 is 15.2 Å². The molecule has 0 radical (unpaired) electrons. The van der Waals surface area contributed by atoms with Crippen molar-refractivity contribution in [3.63, 3.8) is 0 Å². The number of rotatable bonds is 6. The van der Waals surface area contributed by atoms with Crippen LogP contribution in [0.5, 0.6) is 11.8 Å². The summed E-state index contributed by atoms with van der Waals surface area (Å²) in [6.45, 7) is 4.61. The highest BCUT2D eigenvalue weighted by Crippen LogP contribution is 2.34. The SMILES string of the molecule is Cc1cccc(Oc2nc3c([C@@H](C)Nc4ccc(Cl)nc4C(=O)O)cc(C(F)(F)F)cn3c(=O)c2C)n1. The third kappa shape index (κ3) is 5.33. The molecule has 9 nitrogen and oxygen atoms in total. The number of ether oxygens (including phenoxy) is 1. The molecule has 0 saturated heterocycles. The first-order valence-electron chi connectivity index (χ1n) is 10.8. The number of carboxylic acid groups (broad SMARTS) is 1. The number of carbonyl (C=O) groups is 1. The van der Waals surface area contributed by atoms with E-state index in [1.807, 2.05) is 0 Å². The second-order valence-electron chi connectivity index (χ2n) is 8.14. The van der Waals surface area contributed by atoms with Crippen LogP contribution in [0.25, 0.3) is 5.65 Å². The summed E-state index contributed by atoms with van der Waals surface area (Å²) in [7, 11) is 0. The fourth-order valence-electron chi connectivity index (χ4n) is 3.61. The molecular weight excluding hydrogens is 515 g/mol.